The van der Waals surface area contributed by atoms with Gasteiger partial charge in [-0.25, -0.2) is 0 Å². The molecule has 1 rings (SSSR count). The van der Waals surface area contributed by atoms with Crippen LogP contribution in [0.15, 0.2) is 0 Å². The Kier molecular flexibility index (Phi) is 4.91. The minimum Gasteiger partial charge on any atom is -0.481 e. The summed E-state index contributed by atoms with van der Waals surface area (Å²) in [5, 5.41) is 18.2. The highest BCUT2D eigenvalue weighted by Gasteiger charge is 2.39. The number of nitrogens with zero attached hydrogens (tertiary/aromatic N) is 2. The molecule has 0 amide bonds. The Labute approximate surface area is 103 Å². The van der Waals surface area contributed by atoms with Gasteiger partial charge in [-0.05, 0) is 40.4 Å². The summed E-state index contributed by atoms with van der Waals surface area (Å²) in [7, 11) is 6.11. The predicted octanol–water partition coefficient (Wildman–Crippen LogP) is 0.238. The highest BCUT2D eigenvalue weighted by Crippen LogP contribution is 2.36. The molecule has 0 aromatic carbocycles. The first-order valence-corrected chi connectivity index (χ1v) is 6.11. The fourth-order valence-corrected chi connectivity index (χ4v) is 2.52. The SMILES string of the molecule is CN(CC(O)CC(=O)O)CC1(N(C)C)CCC1. The molecule has 1 unspecified atom stereocenters. The maximum atomic E-state index is 10.5. The monoisotopic (exact) mass is 244 g/mol. The molecule has 1 aliphatic rings. The van der Waals surface area contributed by atoms with E-state index in [1.165, 1.54) is 19.3 Å². The molecule has 1 fully saturated rings. The van der Waals surface area contributed by atoms with Gasteiger partial charge in [0.15, 0.2) is 0 Å². The first kappa shape index (κ1) is 14.4. The number of rotatable bonds is 7. The molecule has 0 aliphatic heterocycles. The van der Waals surface area contributed by atoms with Crippen LogP contribution in [-0.4, -0.2) is 71.9 Å². The quantitative estimate of drug-likeness (QED) is 0.671. The van der Waals surface area contributed by atoms with Gasteiger partial charge in [0, 0.05) is 18.6 Å². The van der Waals surface area contributed by atoms with Gasteiger partial charge in [-0.2, -0.15) is 0 Å². The Morgan fingerprint density at radius 2 is 1.94 bits per heavy atom. The fourth-order valence-electron chi connectivity index (χ4n) is 2.52. The smallest absolute Gasteiger partial charge is 0.306 e. The normalized spacial score (nSPS) is 20.4. The van der Waals surface area contributed by atoms with Crippen molar-refractivity contribution in [2.24, 2.45) is 0 Å². The summed E-state index contributed by atoms with van der Waals surface area (Å²) in [4.78, 5) is 14.7. The summed E-state index contributed by atoms with van der Waals surface area (Å²) >= 11 is 0. The standard InChI is InChI=1S/C12H24N2O3/c1-13(2)12(5-4-6-12)9-14(3)8-10(15)7-11(16)17/h10,15H,4-9H2,1-3H3,(H,16,17). The Balaban J connectivity index is 2.38. The Morgan fingerprint density at radius 3 is 2.29 bits per heavy atom. The zero-order valence-corrected chi connectivity index (χ0v) is 11.0. The minimum absolute atomic E-state index is 0.181. The average molecular weight is 244 g/mol. The van der Waals surface area contributed by atoms with Crippen molar-refractivity contribution in [2.45, 2.75) is 37.3 Å². The predicted molar refractivity (Wildman–Crippen MR) is 66.0 cm³/mol. The zero-order valence-electron chi connectivity index (χ0n) is 11.0. The Bertz CT molecular complexity index is 264. The number of carboxylic acids is 1. The van der Waals surface area contributed by atoms with Crippen LogP contribution in [-0.2, 0) is 4.79 Å². The average Bonchev–Trinajstić information content (AvgIpc) is 2.08. The van der Waals surface area contributed by atoms with Gasteiger partial charge in [-0.15, -0.1) is 0 Å². The van der Waals surface area contributed by atoms with Gasteiger partial charge in [0.05, 0.1) is 12.5 Å². The van der Waals surface area contributed by atoms with Crippen molar-refractivity contribution in [1.29, 1.82) is 0 Å². The summed E-state index contributed by atoms with van der Waals surface area (Å²) in [5.41, 5.74) is 0.220. The molecule has 0 saturated heterocycles. The summed E-state index contributed by atoms with van der Waals surface area (Å²) in [6, 6.07) is 0. The lowest BCUT2D eigenvalue weighted by Gasteiger charge is -2.49. The Morgan fingerprint density at radius 1 is 1.35 bits per heavy atom. The molecule has 0 aromatic rings. The van der Waals surface area contributed by atoms with Crippen LogP contribution in [0.5, 0.6) is 0 Å². The number of aliphatic carboxylic acids is 1. The number of aliphatic hydroxyl groups is 1. The maximum absolute atomic E-state index is 10.5. The van der Waals surface area contributed by atoms with Crippen LogP contribution in [0.1, 0.15) is 25.7 Å². The first-order chi connectivity index (χ1) is 7.85. The third-order valence-electron chi connectivity index (χ3n) is 3.73. The molecule has 100 valence electrons. The first-order valence-electron chi connectivity index (χ1n) is 6.11. The molecule has 1 saturated carbocycles. The molecule has 0 aromatic heterocycles. The highest BCUT2D eigenvalue weighted by atomic mass is 16.4. The van der Waals surface area contributed by atoms with E-state index in [1.54, 1.807) is 0 Å². The third-order valence-corrected chi connectivity index (χ3v) is 3.73. The molecule has 1 aliphatic carbocycles. The number of carbonyl (C=O) groups is 1. The van der Waals surface area contributed by atoms with Gasteiger partial charge in [-0.1, -0.05) is 0 Å². The summed E-state index contributed by atoms with van der Waals surface area (Å²) < 4.78 is 0. The molecular weight excluding hydrogens is 220 g/mol. The Hall–Kier alpha value is -0.650. The number of carboxylic acid groups (broad SMARTS) is 1. The van der Waals surface area contributed by atoms with E-state index in [2.05, 4.69) is 19.0 Å². The summed E-state index contributed by atoms with van der Waals surface area (Å²) in [6.07, 6.45) is 2.65. The molecule has 5 nitrogen and oxygen atoms in total. The van der Waals surface area contributed by atoms with Crippen LogP contribution in [0, 0.1) is 0 Å². The van der Waals surface area contributed by atoms with E-state index in [0.717, 1.165) is 6.54 Å². The van der Waals surface area contributed by atoms with Crippen LogP contribution < -0.4 is 0 Å². The second-order valence-electron chi connectivity index (χ2n) is 5.42. The lowest BCUT2D eigenvalue weighted by Crippen LogP contribution is -2.57. The van der Waals surface area contributed by atoms with Crippen molar-refractivity contribution in [3.05, 3.63) is 0 Å². The van der Waals surface area contributed by atoms with Crippen LogP contribution in [0.25, 0.3) is 0 Å². The lowest BCUT2D eigenvalue weighted by atomic mass is 9.75. The molecule has 0 spiro atoms. The lowest BCUT2D eigenvalue weighted by molar-refractivity contribution is -0.139. The van der Waals surface area contributed by atoms with E-state index in [1.807, 2.05) is 11.9 Å². The van der Waals surface area contributed by atoms with E-state index in [9.17, 15) is 9.90 Å². The minimum atomic E-state index is -0.947. The number of hydrogen-bond acceptors (Lipinski definition) is 4. The van der Waals surface area contributed by atoms with Crippen LogP contribution >= 0.6 is 0 Å². The molecule has 2 N–H and O–H groups in total. The third kappa shape index (κ3) is 3.94. The molecule has 0 radical (unpaired) electrons. The van der Waals surface area contributed by atoms with Crippen LogP contribution in [0.3, 0.4) is 0 Å². The van der Waals surface area contributed by atoms with Gasteiger partial charge < -0.3 is 20.0 Å². The van der Waals surface area contributed by atoms with Gasteiger partial charge in [0.2, 0.25) is 0 Å². The second-order valence-corrected chi connectivity index (χ2v) is 5.42. The largest absolute Gasteiger partial charge is 0.481 e. The molecule has 5 heteroatoms. The van der Waals surface area contributed by atoms with Gasteiger partial charge in [-0.3, -0.25) is 4.79 Å². The van der Waals surface area contributed by atoms with Gasteiger partial charge >= 0.3 is 5.97 Å². The fraction of sp³-hybridized carbons (Fsp3) is 0.917. The molecule has 17 heavy (non-hydrogen) atoms. The highest BCUT2D eigenvalue weighted by molar-refractivity contribution is 5.67. The van der Waals surface area contributed by atoms with Gasteiger partial charge in [0.1, 0.15) is 0 Å². The van der Waals surface area contributed by atoms with Crippen LogP contribution in [0.2, 0.25) is 0 Å². The summed E-state index contributed by atoms with van der Waals surface area (Å²) in [5.74, 6) is -0.947. The number of hydrogen-bond donors (Lipinski definition) is 2. The van der Waals surface area contributed by atoms with Crippen molar-refractivity contribution in [2.75, 3.05) is 34.2 Å². The van der Waals surface area contributed by atoms with E-state index in [4.69, 9.17) is 5.11 Å². The van der Waals surface area contributed by atoms with Crippen molar-refractivity contribution in [3.8, 4) is 0 Å². The molecular formula is C12H24N2O3. The maximum Gasteiger partial charge on any atom is 0.306 e. The van der Waals surface area contributed by atoms with Crippen LogP contribution in [0.4, 0.5) is 0 Å². The molecule has 0 heterocycles. The van der Waals surface area contributed by atoms with Crippen molar-refractivity contribution >= 4 is 5.97 Å². The van der Waals surface area contributed by atoms with Crippen molar-refractivity contribution in [3.63, 3.8) is 0 Å². The molecule has 1 atom stereocenters. The van der Waals surface area contributed by atoms with E-state index < -0.39 is 12.1 Å². The summed E-state index contributed by atoms with van der Waals surface area (Å²) in [6.45, 7) is 1.30. The van der Waals surface area contributed by atoms with E-state index in [0.29, 0.717) is 6.54 Å². The van der Waals surface area contributed by atoms with Crippen molar-refractivity contribution < 1.29 is 15.0 Å². The van der Waals surface area contributed by atoms with E-state index in [-0.39, 0.29) is 12.0 Å². The van der Waals surface area contributed by atoms with E-state index >= 15 is 0 Å². The zero-order chi connectivity index (χ0) is 13.1. The van der Waals surface area contributed by atoms with Gasteiger partial charge in [0.25, 0.3) is 0 Å². The second kappa shape index (κ2) is 5.80. The number of likely N-dealkylation sites (N-methyl/N-ethyl adjacent to an activating group) is 2. The number of aliphatic hydroxyl groups excluding tert-OH is 1. The topological polar surface area (TPSA) is 64.0 Å². The molecule has 0 bridgehead atoms. The van der Waals surface area contributed by atoms with Crippen molar-refractivity contribution in [1.82, 2.24) is 9.80 Å².